The standard InChI is InChI=1S/C18H26N2O4S/c1-4-19(5-2)17(21)14-8-7-9-15(12-14)18(22)20(6-3)16-10-11-25(23,24)13-16/h7-9,12,16H,4-6,10-11,13H2,1-3H3. The highest BCUT2D eigenvalue weighted by atomic mass is 32.2. The number of nitrogens with zero attached hydrogens (tertiary/aromatic N) is 2. The molecule has 0 saturated carbocycles. The lowest BCUT2D eigenvalue weighted by atomic mass is 10.1. The first-order valence-corrected chi connectivity index (χ1v) is 10.6. The first-order valence-electron chi connectivity index (χ1n) is 8.73. The van der Waals surface area contributed by atoms with E-state index in [1.54, 1.807) is 34.1 Å². The maximum absolute atomic E-state index is 12.9. The maximum atomic E-state index is 12.9. The molecule has 1 fully saturated rings. The van der Waals surface area contributed by atoms with Crippen LogP contribution in [0.2, 0.25) is 0 Å². The molecule has 1 saturated heterocycles. The molecule has 25 heavy (non-hydrogen) atoms. The van der Waals surface area contributed by atoms with Crippen LogP contribution in [0.5, 0.6) is 0 Å². The average molecular weight is 366 g/mol. The van der Waals surface area contributed by atoms with E-state index in [0.717, 1.165) is 0 Å². The zero-order chi connectivity index (χ0) is 18.6. The normalized spacial score (nSPS) is 18.8. The van der Waals surface area contributed by atoms with Crippen molar-refractivity contribution in [2.75, 3.05) is 31.1 Å². The molecule has 2 rings (SSSR count). The number of carbonyl (C=O) groups excluding carboxylic acids is 2. The van der Waals surface area contributed by atoms with Crippen LogP contribution in [-0.2, 0) is 9.84 Å². The molecule has 1 atom stereocenters. The summed E-state index contributed by atoms with van der Waals surface area (Å²) >= 11 is 0. The molecule has 0 N–H and O–H groups in total. The number of hydrogen-bond acceptors (Lipinski definition) is 4. The summed E-state index contributed by atoms with van der Waals surface area (Å²) in [6, 6.07) is 6.39. The van der Waals surface area contributed by atoms with Gasteiger partial charge in [-0.2, -0.15) is 0 Å². The average Bonchev–Trinajstić information content (AvgIpc) is 2.96. The topological polar surface area (TPSA) is 74.8 Å². The fourth-order valence-corrected chi connectivity index (χ4v) is 4.96. The van der Waals surface area contributed by atoms with Crippen molar-refractivity contribution in [1.29, 1.82) is 0 Å². The van der Waals surface area contributed by atoms with Crippen LogP contribution in [-0.4, -0.2) is 67.2 Å². The molecule has 1 aromatic carbocycles. The van der Waals surface area contributed by atoms with E-state index in [-0.39, 0.29) is 29.4 Å². The van der Waals surface area contributed by atoms with Crippen molar-refractivity contribution in [2.24, 2.45) is 0 Å². The van der Waals surface area contributed by atoms with Gasteiger partial charge in [0.15, 0.2) is 9.84 Å². The van der Waals surface area contributed by atoms with Gasteiger partial charge in [-0.15, -0.1) is 0 Å². The summed E-state index contributed by atoms with van der Waals surface area (Å²) in [5.41, 5.74) is 0.897. The number of rotatable bonds is 6. The number of sulfone groups is 1. The minimum Gasteiger partial charge on any atom is -0.339 e. The summed E-state index contributed by atoms with van der Waals surface area (Å²) in [5.74, 6) is -0.183. The van der Waals surface area contributed by atoms with Gasteiger partial charge in [0.1, 0.15) is 0 Å². The zero-order valence-corrected chi connectivity index (χ0v) is 15.9. The maximum Gasteiger partial charge on any atom is 0.254 e. The van der Waals surface area contributed by atoms with Crippen LogP contribution in [0.1, 0.15) is 47.9 Å². The minimum absolute atomic E-state index is 0.0185. The smallest absolute Gasteiger partial charge is 0.254 e. The van der Waals surface area contributed by atoms with E-state index in [4.69, 9.17) is 0 Å². The Balaban J connectivity index is 2.24. The van der Waals surface area contributed by atoms with Crippen molar-refractivity contribution >= 4 is 21.7 Å². The SMILES string of the molecule is CCN(CC)C(=O)c1cccc(C(=O)N(CC)C2CCS(=O)(=O)C2)c1. The van der Waals surface area contributed by atoms with Crippen LogP contribution in [0.25, 0.3) is 0 Å². The van der Waals surface area contributed by atoms with Crippen molar-refractivity contribution in [3.8, 4) is 0 Å². The molecular weight excluding hydrogens is 340 g/mol. The van der Waals surface area contributed by atoms with Gasteiger partial charge < -0.3 is 9.80 Å². The van der Waals surface area contributed by atoms with Gasteiger partial charge in [0, 0.05) is 36.8 Å². The summed E-state index contributed by atoms with van der Waals surface area (Å²) in [6.07, 6.45) is 0.472. The van der Waals surface area contributed by atoms with E-state index >= 15 is 0 Å². The van der Waals surface area contributed by atoms with Crippen LogP contribution in [0.4, 0.5) is 0 Å². The lowest BCUT2D eigenvalue weighted by Gasteiger charge is -2.27. The van der Waals surface area contributed by atoms with Gasteiger partial charge in [-0.3, -0.25) is 9.59 Å². The quantitative estimate of drug-likeness (QED) is 0.770. The Morgan fingerprint density at radius 1 is 1.04 bits per heavy atom. The Morgan fingerprint density at radius 2 is 1.64 bits per heavy atom. The van der Waals surface area contributed by atoms with E-state index < -0.39 is 9.84 Å². The molecule has 0 radical (unpaired) electrons. The molecule has 1 unspecified atom stereocenters. The van der Waals surface area contributed by atoms with Crippen molar-refractivity contribution < 1.29 is 18.0 Å². The Kier molecular flexibility index (Phi) is 6.21. The number of amides is 2. The highest BCUT2D eigenvalue weighted by Gasteiger charge is 2.34. The first kappa shape index (κ1) is 19.4. The van der Waals surface area contributed by atoms with Crippen LogP contribution < -0.4 is 0 Å². The molecule has 1 aliphatic heterocycles. The predicted octanol–water partition coefficient (Wildman–Crippen LogP) is 1.82. The fraction of sp³-hybridized carbons (Fsp3) is 0.556. The highest BCUT2D eigenvalue weighted by Crippen LogP contribution is 2.20. The second-order valence-electron chi connectivity index (χ2n) is 6.21. The van der Waals surface area contributed by atoms with Crippen LogP contribution in [0, 0.1) is 0 Å². The highest BCUT2D eigenvalue weighted by molar-refractivity contribution is 7.91. The van der Waals surface area contributed by atoms with E-state index in [9.17, 15) is 18.0 Å². The molecule has 138 valence electrons. The molecule has 1 aliphatic rings. The van der Waals surface area contributed by atoms with Crippen LogP contribution in [0.3, 0.4) is 0 Å². The Labute approximate surface area is 149 Å². The van der Waals surface area contributed by atoms with Gasteiger partial charge in [0.2, 0.25) is 0 Å². The third-order valence-electron chi connectivity index (χ3n) is 4.66. The number of hydrogen-bond donors (Lipinski definition) is 0. The summed E-state index contributed by atoms with van der Waals surface area (Å²) in [7, 11) is -3.06. The molecule has 0 spiro atoms. The van der Waals surface area contributed by atoms with E-state index in [0.29, 0.717) is 37.2 Å². The van der Waals surface area contributed by atoms with Gasteiger partial charge in [0.05, 0.1) is 11.5 Å². The van der Waals surface area contributed by atoms with Crippen molar-refractivity contribution in [2.45, 2.75) is 33.2 Å². The van der Waals surface area contributed by atoms with E-state index in [2.05, 4.69) is 0 Å². The summed E-state index contributed by atoms with van der Waals surface area (Å²) < 4.78 is 23.4. The zero-order valence-electron chi connectivity index (χ0n) is 15.1. The second kappa shape index (κ2) is 7.99. The fourth-order valence-electron chi connectivity index (χ4n) is 3.23. The molecule has 7 heteroatoms. The van der Waals surface area contributed by atoms with Gasteiger partial charge in [-0.05, 0) is 45.4 Å². The third-order valence-corrected chi connectivity index (χ3v) is 6.41. The predicted molar refractivity (Wildman–Crippen MR) is 97.5 cm³/mol. The van der Waals surface area contributed by atoms with Gasteiger partial charge in [-0.25, -0.2) is 8.42 Å². The molecule has 0 bridgehead atoms. The Bertz CT molecular complexity index is 741. The van der Waals surface area contributed by atoms with E-state index in [1.807, 2.05) is 20.8 Å². The van der Waals surface area contributed by atoms with Crippen molar-refractivity contribution in [3.63, 3.8) is 0 Å². The van der Waals surface area contributed by atoms with Crippen molar-refractivity contribution in [3.05, 3.63) is 35.4 Å². The van der Waals surface area contributed by atoms with Crippen molar-refractivity contribution in [1.82, 2.24) is 9.80 Å². The van der Waals surface area contributed by atoms with Gasteiger partial charge in [-0.1, -0.05) is 6.07 Å². The molecule has 6 nitrogen and oxygen atoms in total. The van der Waals surface area contributed by atoms with Crippen LogP contribution >= 0.6 is 0 Å². The largest absolute Gasteiger partial charge is 0.339 e. The second-order valence-corrected chi connectivity index (χ2v) is 8.43. The number of carbonyl (C=O) groups is 2. The Hall–Kier alpha value is -1.89. The first-order chi connectivity index (χ1) is 11.8. The summed E-state index contributed by atoms with van der Waals surface area (Å²) in [4.78, 5) is 28.6. The van der Waals surface area contributed by atoms with Gasteiger partial charge in [0.25, 0.3) is 11.8 Å². The van der Waals surface area contributed by atoms with Crippen LogP contribution in [0.15, 0.2) is 24.3 Å². The molecule has 1 aromatic rings. The molecular formula is C18H26N2O4S. The lowest BCUT2D eigenvalue weighted by Crippen LogP contribution is -2.41. The molecule has 2 amide bonds. The lowest BCUT2D eigenvalue weighted by molar-refractivity contribution is 0.0708. The molecule has 0 aliphatic carbocycles. The molecule has 0 aromatic heterocycles. The number of benzene rings is 1. The Morgan fingerprint density at radius 3 is 2.12 bits per heavy atom. The summed E-state index contributed by atoms with van der Waals surface area (Å²) in [6.45, 7) is 7.32. The summed E-state index contributed by atoms with van der Waals surface area (Å²) in [5, 5.41) is 0. The third kappa shape index (κ3) is 4.39. The molecule has 1 heterocycles. The van der Waals surface area contributed by atoms with Gasteiger partial charge >= 0.3 is 0 Å². The van der Waals surface area contributed by atoms with E-state index in [1.165, 1.54) is 0 Å². The monoisotopic (exact) mass is 366 g/mol. The minimum atomic E-state index is -3.06.